The molecule has 1 aliphatic heterocycles. The van der Waals surface area contributed by atoms with Crippen LogP contribution in [0.5, 0.6) is 0 Å². The van der Waals surface area contributed by atoms with Crippen molar-refractivity contribution in [3.8, 4) is 0 Å². The van der Waals surface area contributed by atoms with Crippen molar-refractivity contribution in [3.05, 3.63) is 83.9 Å². The minimum Gasteiger partial charge on any atom is -0.360 e. The van der Waals surface area contributed by atoms with Gasteiger partial charge in [0.25, 0.3) is 0 Å². The second-order valence-electron chi connectivity index (χ2n) is 4.52. The lowest BCUT2D eigenvalue weighted by atomic mass is 10.1. The number of ether oxygens (including phenoxy) is 1. The highest BCUT2D eigenvalue weighted by Gasteiger charge is 2.37. The monoisotopic (exact) mass is 250 g/mol. The van der Waals surface area contributed by atoms with E-state index in [2.05, 4.69) is 0 Å². The lowest BCUT2D eigenvalue weighted by Gasteiger charge is -1.93. The number of hydrogen-bond acceptors (Lipinski definition) is 2. The number of hydrogen-bond donors (Lipinski definition) is 0. The maximum Gasteiger partial charge on any atom is 0.185 e. The summed E-state index contributed by atoms with van der Waals surface area (Å²) in [7, 11) is 0. The SMILES string of the molecule is O=C(/C=C/[C@H]1O[C@@H]1c1ccccc1)c1ccccc1. The van der Waals surface area contributed by atoms with E-state index in [4.69, 9.17) is 4.74 Å². The zero-order valence-electron chi connectivity index (χ0n) is 10.4. The Balaban J connectivity index is 1.62. The van der Waals surface area contributed by atoms with Gasteiger partial charge < -0.3 is 4.74 Å². The molecular weight excluding hydrogens is 236 g/mol. The Morgan fingerprint density at radius 3 is 2.26 bits per heavy atom. The largest absolute Gasteiger partial charge is 0.360 e. The molecule has 2 aromatic rings. The summed E-state index contributed by atoms with van der Waals surface area (Å²) in [5, 5.41) is 0. The molecule has 1 aliphatic rings. The summed E-state index contributed by atoms with van der Waals surface area (Å²) in [6.45, 7) is 0. The third-order valence-electron chi connectivity index (χ3n) is 3.15. The molecular formula is C17H14O2. The number of epoxide rings is 1. The average molecular weight is 250 g/mol. The molecule has 0 spiro atoms. The van der Waals surface area contributed by atoms with Crippen LogP contribution in [0.1, 0.15) is 22.0 Å². The van der Waals surface area contributed by atoms with Crippen LogP contribution in [0.15, 0.2) is 72.8 Å². The van der Waals surface area contributed by atoms with Crippen molar-refractivity contribution in [1.29, 1.82) is 0 Å². The minimum atomic E-state index is 0.0166. The number of carbonyl (C=O) groups is 1. The summed E-state index contributed by atoms with van der Waals surface area (Å²) in [6, 6.07) is 19.3. The van der Waals surface area contributed by atoms with Crippen LogP contribution in [-0.4, -0.2) is 11.9 Å². The molecule has 1 heterocycles. The van der Waals surface area contributed by atoms with E-state index in [1.54, 1.807) is 6.08 Å². The van der Waals surface area contributed by atoms with Crippen LogP contribution in [-0.2, 0) is 4.74 Å². The van der Waals surface area contributed by atoms with Crippen molar-refractivity contribution in [2.45, 2.75) is 12.2 Å². The predicted molar refractivity (Wildman–Crippen MR) is 74.0 cm³/mol. The molecule has 0 bridgehead atoms. The molecule has 2 aromatic carbocycles. The Kier molecular flexibility index (Phi) is 3.25. The van der Waals surface area contributed by atoms with E-state index in [1.807, 2.05) is 66.7 Å². The van der Waals surface area contributed by atoms with E-state index in [9.17, 15) is 4.79 Å². The number of carbonyl (C=O) groups excluding carboxylic acids is 1. The summed E-state index contributed by atoms with van der Waals surface area (Å²) in [6.07, 6.45) is 3.56. The number of benzene rings is 2. The quantitative estimate of drug-likeness (QED) is 0.471. The maximum absolute atomic E-state index is 11.9. The van der Waals surface area contributed by atoms with Gasteiger partial charge in [0.15, 0.2) is 5.78 Å². The second kappa shape index (κ2) is 5.21. The lowest BCUT2D eigenvalue weighted by Crippen LogP contribution is -1.94. The highest BCUT2D eigenvalue weighted by Crippen LogP contribution is 2.39. The third-order valence-corrected chi connectivity index (χ3v) is 3.15. The molecule has 2 nitrogen and oxygen atoms in total. The fourth-order valence-corrected chi connectivity index (χ4v) is 2.06. The molecule has 19 heavy (non-hydrogen) atoms. The van der Waals surface area contributed by atoms with E-state index >= 15 is 0 Å². The van der Waals surface area contributed by atoms with Crippen molar-refractivity contribution in [2.75, 3.05) is 0 Å². The Morgan fingerprint density at radius 2 is 1.58 bits per heavy atom. The zero-order chi connectivity index (χ0) is 13.1. The fourth-order valence-electron chi connectivity index (χ4n) is 2.06. The number of rotatable bonds is 4. The van der Waals surface area contributed by atoms with Gasteiger partial charge in [-0.15, -0.1) is 0 Å². The Hall–Kier alpha value is -2.19. The molecule has 2 heteroatoms. The number of ketones is 1. The highest BCUT2D eigenvalue weighted by atomic mass is 16.6. The van der Waals surface area contributed by atoms with Gasteiger partial charge in [-0.25, -0.2) is 0 Å². The van der Waals surface area contributed by atoms with Crippen molar-refractivity contribution in [3.63, 3.8) is 0 Å². The van der Waals surface area contributed by atoms with Gasteiger partial charge in [0, 0.05) is 5.56 Å². The molecule has 0 unspecified atom stereocenters. The standard InChI is InChI=1S/C17H14O2/c18-15(13-7-3-1-4-8-13)11-12-16-17(19-16)14-9-5-2-6-10-14/h1-12,16-17H/b12-11+/t16-,17-/m1/s1. The smallest absolute Gasteiger partial charge is 0.185 e. The molecule has 0 saturated carbocycles. The molecule has 3 rings (SSSR count). The van der Waals surface area contributed by atoms with Crippen LogP contribution in [0.4, 0.5) is 0 Å². The normalized spacial score (nSPS) is 21.5. The van der Waals surface area contributed by atoms with E-state index in [1.165, 1.54) is 0 Å². The molecule has 0 aromatic heterocycles. The molecule has 94 valence electrons. The van der Waals surface area contributed by atoms with Gasteiger partial charge in [-0.2, -0.15) is 0 Å². The van der Waals surface area contributed by atoms with Crippen LogP contribution in [0.3, 0.4) is 0 Å². The first kappa shape index (κ1) is 11.9. The maximum atomic E-state index is 11.9. The van der Waals surface area contributed by atoms with Gasteiger partial charge in [0.1, 0.15) is 12.2 Å². The van der Waals surface area contributed by atoms with Gasteiger partial charge in [-0.05, 0) is 17.7 Å². The molecule has 0 aliphatic carbocycles. The first-order valence-corrected chi connectivity index (χ1v) is 6.32. The topological polar surface area (TPSA) is 29.6 Å². The van der Waals surface area contributed by atoms with Crippen LogP contribution >= 0.6 is 0 Å². The van der Waals surface area contributed by atoms with Crippen LogP contribution < -0.4 is 0 Å². The van der Waals surface area contributed by atoms with Gasteiger partial charge in [0.2, 0.25) is 0 Å². The minimum absolute atomic E-state index is 0.0166. The highest BCUT2D eigenvalue weighted by molar-refractivity contribution is 6.04. The Labute approximate surface area is 112 Å². The predicted octanol–water partition coefficient (Wildman–Crippen LogP) is 3.57. The summed E-state index contributed by atoms with van der Waals surface area (Å²) in [5.41, 5.74) is 1.86. The lowest BCUT2D eigenvalue weighted by molar-refractivity contribution is 0.104. The second-order valence-corrected chi connectivity index (χ2v) is 4.52. The first-order valence-electron chi connectivity index (χ1n) is 6.32. The van der Waals surface area contributed by atoms with E-state index in [-0.39, 0.29) is 18.0 Å². The summed E-state index contributed by atoms with van der Waals surface area (Å²) in [5.74, 6) is 0.0166. The van der Waals surface area contributed by atoms with E-state index < -0.39 is 0 Å². The van der Waals surface area contributed by atoms with Crippen LogP contribution in [0.25, 0.3) is 0 Å². The first-order chi connectivity index (χ1) is 9.34. The van der Waals surface area contributed by atoms with E-state index in [0.717, 1.165) is 5.56 Å². The van der Waals surface area contributed by atoms with Gasteiger partial charge >= 0.3 is 0 Å². The van der Waals surface area contributed by atoms with Crippen LogP contribution in [0.2, 0.25) is 0 Å². The average Bonchev–Trinajstić information content (AvgIpc) is 3.26. The van der Waals surface area contributed by atoms with Crippen molar-refractivity contribution >= 4 is 5.78 Å². The van der Waals surface area contributed by atoms with E-state index in [0.29, 0.717) is 5.56 Å². The van der Waals surface area contributed by atoms with Gasteiger partial charge in [-0.1, -0.05) is 60.7 Å². The Morgan fingerprint density at radius 1 is 0.947 bits per heavy atom. The molecule has 2 atom stereocenters. The molecule has 0 amide bonds. The van der Waals surface area contributed by atoms with Gasteiger partial charge in [-0.3, -0.25) is 4.79 Å². The molecule has 1 fully saturated rings. The van der Waals surface area contributed by atoms with Crippen molar-refractivity contribution in [2.24, 2.45) is 0 Å². The molecule has 0 radical (unpaired) electrons. The third kappa shape index (κ3) is 2.80. The van der Waals surface area contributed by atoms with Crippen LogP contribution in [0, 0.1) is 0 Å². The van der Waals surface area contributed by atoms with Crippen molar-refractivity contribution in [1.82, 2.24) is 0 Å². The van der Waals surface area contributed by atoms with Gasteiger partial charge in [0.05, 0.1) is 0 Å². The van der Waals surface area contributed by atoms with Crippen molar-refractivity contribution < 1.29 is 9.53 Å². The number of allylic oxidation sites excluding steroid dienone is 1. The summed E-state index contributed by atoms with van der Waals surface area (Å²) >= 11 is 0. The zero-order valence-corrected chi connectivity index (χ0v) is 10.4. The molecule has 1 saturated heterocycles. The fraction of sp³-hybridized carbons (Fsp3) is 0.118. The molecule has 0 N–H and O–H groups in total. The summed E-state index contributed by atoms with van der Waals surface area (Å²) < 4.78 is 5.55. The Bertz CT molecular complexity index is 587. The summed E-state index contributed by atoms with van der Waals surface area (Å²) in [4.78, 5) is 11.9.